The van der Waals surface area contributed by atoms with Crippen LogP contribution in [0, 0.1) is 0 Å². The molecular weight excluding hydrogens is 542 g/mol. The Morgan fingerprint density at radius 3 is 2.07 bits per heavy atom. The topological polar surface area (TPSA) is 105 Å². The normalized spacial score (nSPS) is 12.2. The number of hydrogen-bond donors (Lipinski definition) is 1. The minimum absolute atomic E-state index is 0.0421. The molecule has 1 atom stereocenters. The molecule has 9 nitrogen and oxygen atoms in total. The van der Waals surface area contributed by atoms with E-state index in [1.54, 1.807) is 67.8 Å². The average Bonchev–Trinajstić information content (AvgIpc) is 2.95. The van der Waals surface area contributed by atoms with Gasteiger partial charge in [0.25, 0.3) is 10.0 Å². The summed E-state index contributed by atoms with van der Waals surface area (Å²) in [6, 6.07) is 20.7. The second kappa shape index (κ2) is 13.5. The van der Waals surface area contributed by atoms with Crippen LogP contribution in [-0.2, 0) is 26.2 Å². The van der Waals surface area contributed by atoms with Gasteiger partial charge in [-0.05, 0) is 81.3 Å². The van der Waals surface area contributed by atoms with Gasteiger partial charge in [-0.1, -0.05) is 37.3 Å². The molecule has 0 aliphatic carbocycles. The minimum Gasteiger partial charge on any atom is -0.497 e. The van der Waals surface area contributed by atoms with E-state index in [2.05, 4.69) is 5.32 Å². The summed E-state index contributed by atoms with van der Waals surface area (Å²) >= 11 is 0. The van der Waals surface area contributed by atoms with Crippen molar-refractivity contribution < 1.29 is 27.5 Å². The molecule has 0 unspecified atom stereocenters. The summed E-state index contributed by atoms with van der Waals surface area (Å²) in [4.78, 5) is 29.0. The second-order valence-corrected chi connectivity index (χ2v) is 12.4. The van der Waals surface area contributed by atoms with Crippen LogP contribution in [0.2, 0.25) is 0 Å². The first-order chi connectivity index (χ1) is 19.4. The quantitative estimate of drug-likeness (QED) is 0.335. The average molecular weight is 582 g/mol. The maximum Gasteiger partial charge on any atom is 0.264 e. The van der Waals surface area contributed by atoms with Crippen LogP contribution in [0.15, 0.2) is 83.8 Å². The van der Waals surface area contributed by atoms with Crippen LogP contribution >= 0.6 is 0 Å². The van der Waals surface area contributed by atoms with Crippen LogP contribution in [0.5, 0.6) is 11.5 Å². The zero-order valence-electron chi connectivity index (χ0n) is 24.5. The fourth-order valence-corrected chi connectivity index (χ4v) is 5.77. The van der Waals surface area contributed by atoms with Gasteiger partial charge < -0.3 is 19.7 Å². The molecule has 0 saturated heterocycles. The zero-order valence-corrected chi connectivity index (χ0v) is 25.3. The molecule has 3 rings (SSSR count). The van der Waals surface area contributed by atoms with E-state index in [1.165, 1.54) is 24.1 Å². The highest BCUT2D eigenvalue weighted by Gasteiger charge is 2.34. The lowest BCUT2D eigenvalue weighted by atomic mass is 10.1. The van der Waals surface area contributed by atoms with Crippen LogP contribution in [0.4, 0.5) is 5.69 Å². The van der Waals surface area contributed by atoms with Gasteiger partial charge in [0.1, 0.15) is 24.1 Å². The molecule has 0 bridgehead atoms. The molecule has 41 heavy (non-hydrogen) atoms. The molecule has 0 aromatic heterocycles. The first-order valence-corrected chi connectivity index (χ1v) is 14.8. The number of sulfonamides is 1. The Hall–Kier alpha value is -4.05. The lowest BCUT2D eigenvalue weighted by Gasteiger charge is -2.34. The molecule has 3 aromatic rings. The van der Waals surface area contributed by atoms with Gasteiger partial charge >= 0.3 is 0 Å². The van der Waals surface area contributed by atoms with E-state index in [0.29, 0.717) is 17.9 Å². The molecule has 10 heteroatoms. The number of nitrogens with one attached hydrogen (secondary N) is 1. The molecular formula is C31H39N3O6S. The third kappa shape index (κ3) is 8.23. The van der Waals surface area contributed by atoms with Gasteiger partial charge in [0.2, 0.25) is 11.8 Å². The number of benzene rings is 3. The number of hydrogen-bond acceptors (Lipinski definition) is 6. The Labute approximate surface area is 243 Å². The van der Waals surface area contributed by atoms with Crippen LogP contribution in [0.25, 0.3) is 0 Å². The summed E-state index contributed by atoms with van der Waals surface area (Å²) < 4.78 is 39.4. The highest BCUT2D eigenvalue weighted by molar-refractivity contribution is 7.92. The first-order valence-electron chi connectivity index (χ1n) is 13.4. The fourth-order valence-electron chi connectivity index (χ4n) is 4.34. The lowest BCUT2D eigenvalue weighted by molar-refractivity contribution is -0.141. The summed E-state index contributed by atoms with van der Waals surface area (Å²) in [7, 11) is -1.08. The van der Waals surface area contributed by atoms with Gasteiger partial charge in [-0.3, -0.25) is 13.9 Å². The number of amides is 2. The van der Waals surface area contributed by atoms with Gasteiger partial charge in [0.15, 0.2) is 0 Å². The molecule has 2 amide bonds. The van der Waals surface area contributed by atoms with E-state index in [9.17, 15) is 18.0 Å². The number of carbonyl (C=O) groups is 2. The summed E-state index contributed by atoms with van der Waals surface area (Å²) in [6.07, 6.45) is 0.325. The molecule has 0 aliphatic heterocycles. The van der Waals surface area contributed by atoms with Crippen LogP contribution in [0.3, 0.4) is 0 Å². The number of carbonyl (C=O) groups excluding carboxylic acids is 2. The molecule has 0 aliphatic rings. The SMILES string of the molecule is CC[C@H](C(=O)NC(C)(C)C)N(Cc1cccc(OC)c1)C(=O)CN(c1ccc(OC)cc1)S(=O)(=O)c1ccccc1. The van der Waals surface area contributed by atoms with Crippen molar-refractivity contribution in [3.63, 3.8) is 0 Å². The molecule has 0 heterocycles. The van der Waals surface area contributed by atoms with Crippen LogP contribution < -0.4 is 19.1 Å². The molecule has 0 radical (unpaired) electrons. The van der Waals surface area contributed by atoms with E-state index >= 15 is 0 Å². The van der Waals surface area contributed by atoms with Crippen molar-refractivity contribution in [1.82, 2.24) is 10.2 Å². The first kappa shape index (κ1) is 31.5. The Bertz CT molecular complexity index is 1420. The Morgan fingerprint density at radius 2 is 1.51 bits per heavy atom. The summed E-state index contributed by atoms with van der Waals surface area (Å²) in [6.45, 7) is 6.97. The minimum atomic E-state index is -4.14. The number of nitrogens with zero attached hydrogens (tertiary/aromatic N) is 2. The van der Waals surface area contributed by atoms with Crippen molar-refractivity contribution in [3.8, 4) is 11.5 Å². The lowest BCUT2D eigenvalue weighted by Crippen LogP contribution is -2.55. The third-order valence-corrected chi connectivity index (χ3v) is 8.13. The molecule has 0 fully saturated rings. The van der Waals surface area contributed by atoms with Gasteiger partial charge in [0.05, 0.1) is 24.8 Å². The predicted molar refractivity (Wildman–Crippen MR) is 159 cm³/mol. The molecule has 0 saturated carbocycles. The van der Waals surface area contributed by atoms with Crippen molar-refractivity contribution in [2.45, 2.75) is 57.1 Å². The maximum atomic E-state index is 14.1. The van der Waals surface area contributed by atoms with Crippen LogP contribution in [-0.4, -0.2) is 57.5 Å². The number of ether oxygens (including phenoxy) is 2. The van der Waals surface area contributed by atoms with E-state index in [-0.39, 0.29) is 23.0 Å². The Kier molecular flexibility index (Phi) is 10.4. The largest absolute Gasteiger partial charge is 0.497 e. The maximum absolute atomic E-state index is 14.1. The standard InChI is InChI=1S/C31H39N3O6S/c1-7-28(30(36)32-31(2,3)4)33(21-23-12-11-13-26(20-23)40-6)29(35)22-34(24-16-18-25(39-5)19-17-24)41(37,38)27-14-9-8-10-15-27/h8-20,28H,7,21-22H2,1-6H3,(H,32,36)/t28-/m1/s1. The summed E-state index contributed by atoms with van der Waals surface area (Å²) in [5.74, 6) is 0.299. The van der Waals surface area contributed by atoms with Gasteiger partial charge in [0, 0.05) is 12.1 Å². The van der Waals surface area contributed by atoms with Crippen molar-refractivity contribution in [1.29, 1.82) is 0 Å². The van der Waals surface area contributed by atoms with Crippen molar-refractivity contribution in [2.75, 3.05) is 25.1 Å². The summed E-state index contributed by atoms with van der Waals surface area (Å²) in [5, 5.41) is 2.96. The Balaban J connectivity index is 2.07. The van der Waals surface area contributed by atoms with Crippen LogP contribution in [0.1, 0.15) is 39.7 Å². The van der Waals surface area contributed by atoms with Crippen molar-refractivity contribution in [2.24, 2.45) is 0 Å². The van der Waals surface area contributed by atoms with E-state index in [1.807, 2.05) is 33.8 Å². The highest BCUT2D eigenvalue weighted by Crippen LogP contribution is 2.27. The van der Waals surface area contributed by atoms with Gasteiger partial charge in [-0.15, -0.1) is 0 Å². The smallest absolute Gasteiger partial charge is 0.264 e. The van der Waals surface area contributed by atoms with E-state index in [4.69, 9.17) is 9.47 Å². The summed E-state index contributed by atoms with van der Waals surface area (Å²) in [5.41, 5.74) is 0.499. The monoisotopic (exact) mass is 581 g/mol. The molecule has 0 spiro atoms. The van der Waals surface area contributed by atoms with E-state index < -0.39 is 34.1 Å². The third-order valence-electron chi connectivity index (χ3n) is 6.34. The number of anilines is 1. The van der Waals surface area contributed by atoms with Crippen molar-refractivity contribution in [3.05, 3.63) is 84.4 Å². The highest BCUT2D eigenvalue weighted by atomic mass is 32.2. The van der Waals surface area contributed by atoms with Crippen molar-refractivity contribution >= 4 is 27.5 Å². The molecule has 220 valence electrons. The second-order valence-electron chi connectivity index (χ2n) is 10.6. The van der Waals surface area contributed by atoms with Gasteiger partial charge in [-0.2, -0.15) is 0 Å². The molecule has 3 aromatic carbocycles. The predicted octanol–water partition coefficient (Wildman–Crippen LogP) is 4.62. The molecule has 1 N–H and O–H groups in total. The van der Waals surface area contributed by atoms with E-state index in [0.717, 1.165) is 9.87 Å². The Morgan fingerprint density at radius 1 is 0.878 bits per heavy atom. The van der Waals surface area contributed by atoms with Gasteiger partial charge in [-0.25, -0.2) is 8.42 Å². The number of methoxy groups -OCH3 is 2. The number of rotatable bonds is 12. The zero-order chi connectivity index (χ0) is 30.2. The fraction of sp³-hybridized carbons (Fsp3) is 0.355.